The van der Waals surface area contributed by atoms with Crippen molar-refractivity contribution in [2.45, 2.75) is 51.7 Å². The summed E-state index contributed by atoms with van der Waals surface area (Å²) in [6, 6.07) is 24.3. The zero-order chi connectivity index (χ0) is 30.1. The molecule has 1 fully saturated rings. The van der Waals surface area contributed by atoms with Crippen molar-refractivity contribution < 1.29 is 24.0 Å². The smallest absolute Gasteiger partial charge is 0.410 e. The molecule has 0 spiro atoms. The zero-order valence-corrected chi connectivity index (χ0v) is 24.3. The van der Waals surface area contributed by atoms with Crippen LogP contribution in [-0.2, 0) is 22.4 Å². The molecular weight excluding hydrogens is 534 g/mol. The van der Waals surface area contributed by atoms with Gasteiger partial charge in [0, 0.05) is 37.7 Å². The number of hydrogen-bond donors (Lipinski definition) is 0. The van der Waals surface area contributed by atoms with Gasteiger partial charge in [-0.3, -0.25) is 14.9 Å². The van der Waals surface area contributed by atoms with E-state index in [0.29, 0.717) is 49.5 Å². The molecular formula is C33H37N3O6. The number of nitro groups is 1. The van der Waals surface area contributed by atoms with Gasteiger partial charge in [-0.25, -0.2) is 4.79 Å². The second kappa shape index (κ2) is 13.8. The Kier molecular flexibility index (Phi) is 9.96. The molecule has 3 aromatic rings. The van der Waals surface area contributed by atoms with Crippen LogP contribution in [0.4, 0.5) is 4.79 Å². The maximum atomic E-state index is 13.6. The third kappa shape index (κ3) is 8.67. The van der Waals surface area contributed by atoms with Crippen LogP contribution in [0.5, 0.6) is 11.5 Å². The minimum atomic E-state index is -0.600. The fourth-order valence-electron chi connectivity index (χ4n) is 4.90. The minimum absolute atomic E-state index is 0.00360. The molecule has 1 aliphatic rings. The molecule has 3 aromatic carbocycles. The van der Waals surface area contributed by atoms with E-state index in [1.54, 1.807) is 29.2 Å². The van der Waals surface area contributed by atoms with Crippen LogP contribution in [0.3, 0.4) is 0 Å². The average Bonchev–Trinajstić information content (AvgIpc) is 2.95. The summed E-state index contributed by atoms with van der Waals surface area (Å²) in [4.78, 5) is 40.3. The first-order chi connectivity index (χ1) is 20.1. The summed E-state index contributed by atoms with van der Waals surface area (Å²) >= 11 is 0. The molecule has 0 aromatic heterocycles. The van der Waals surface area contributed by atoms with Crippen LogP contribution >= 0.6 is 0 Å². The third-order valence-corrected chi connectivity index (χ3v) is 6.86. The molecule has 4 rings (SSSR count). The number of carbonyl (C=O) groups is 2. The van der Waals surface area contributed by atoms with Crippen LogP contribution in [0.1, 0.15) is 43.9 Å². The van der Waals surface area contributed by atoms with E-state index in [2.05, 4.69) is 0 Å². The molecule has 1 unspecified atom stereocenters. The molecule has 42 heavy (non-hydrogen) atoms. The van der Waals surface area contributed by atoms with Crippen molar-refractivity contribution in [2.75, 3.05) is 19.6 Å². The highest BCUT2D eigenvalue weighted by atomic mass is 16.6. The lowest BCUT2D eigenvalue weighted by Crippen LogP contribution is -2.57. The van der Waals surface area contributed by atoms with E-state index in [1.807, 2.05) is 80.3 Å². The van der Waals surface area contributed by atoms with Crippen molar-refractivity contribution >= 4 is 18.1 Å². The summed E-state index contributed by atoms with van der Waals surface area (Å²) in [7, 11) is 0. The molecule has 2 amide bonds. The molecule has 0 saturated carbocycles. The molecule has 9 heteroatoms. The van der Waals surface area contributed by atoms with Gasteiger partial charge in [0.2, 0.25) is 12.1 Å². The van der Waals surface area contributed by atoms with Gasteiger partial charge in [0.25, 0.3) is 0 Å². The number of piperazine rings is 1. The molecule has 220 valence electrons. The van der Waals surface area contributed by atoms with Gasteiger partial charge >= 0.3 is 6.09 Å². The summed E-state index contributed by atoms with van der Waals surface area (Å²) in [6.07, 6.45) is 3.24. The Balaban J connectivity index is 1.47. The number of aryl methyl sites for hydroxylation is 1. The first kappa shape index (κ1) is 30.3. The van der Waals surface area contributed by atoms with Crippen LogP contribution in [-0.4, -0.2) is 58.0 Å². The Morgan fingerprint density at radius 1 is 0.952 bits per heavy atom. The number of para-hydroxylation sites is 2. The van der Waals surface area contributed by atoms with Crippen LogP contribution < -0.4 is 4.74 Å². The largest absolute Gasteiger partial charge is 0.456 e. The quantitative estimate of drug-likeness (QED) is 0.219. The number of rotatable bonds is 9. The number of nitrogens with zero attached hydrogens (tertiary/aromatic N) is 3. The number of amides is 2. The Labute approximate surface area is 246 Å². The van der Waals surface area contributed by atoms with Crippen molar-refractivity contribution in [3.8, 4) is 11.5 Å². The molecule has 0 N–H and O–H groups in total. The highest BCUT2D eigenvalue weighted by Gasteiger charge is 2.34. The van der Waals surface area contributed by atoms with Crippen LogP contribution in [0.2, 0.25) is 0 Å². The summed E-state index contributed by atoms with van der Waals surface area (Å²) in [5.41, 5.74) is 1.92. The van der Waals surface area contributed by atoms with E-state index in [9.17, 15) is 19.7 Å². The van der Waals surface area contributed by atoms with Gasteiger partial charge in [-0.15, -0.1) is 0 Å². The molecule has 0 radical (unpaired) electrons. The van der Waals surface area contributed by atoms with Crippen molar-refractivity contribution in [1.29, 1.82) is 0 Å². The molecule has 9 nitrogen and oxygen atoms in total. The normalized spacial score (nSPS) is 15.5. The Bertz CT molecular complexity index is 1420. The van der Waals surface area contributed by atoms with Crippen molar-refractivity contribution in [2.24, 2.45) is 0 Å². The van der Waals surface area contributed by atoms with Gasteiger partial charge in [0.1, 0.15) is 17.1 Å². The van der Waals surface area contributed by atoms with Gasteiger partial charge in [-0.05, 0) is 56.9 Å². The van der Waals surface area contributed by atoms with Gasteiger partial charge in [0.05, 0.1) is 11.0 Å². The lowest BCUT2D eigenvalue weighted by atomic mass is 10.0. The number of benzene rings is 3. The minimum Gasteiger partial charge on any atom is -0.456 e. The third-order valence-electron chi connectivity index (χ3n) is 6.86. The lowest BCUT2D eigenvalue weighted by Gasteiger charge is -2.42. The summed E-state index contributed by atoms with van der Waals surface area (Å²) in [5.74, 6) is 1.07. The molecule has 1 heterocycles. The second-order valence-corrected chi connectivity index (χ2v) is 11.2. The molecule has 0 aliphatic carbocycles. The zero-order valence-electron chi connectivity index (χ0n) is 24.3. The highest BCUT2D eigenvalue weighted by Crippen LogP contribution is 2.30. The number of hydrogen-bond acceptors (Lipinski definition) is 6. The summed E-state index contributed by atoms with van der Waals surface area (Å²) in [5, 5.41) is 10.8. The monoisotopic (exact) mass is 571 g/mol. The van der Waals surface area contributed by atoms with Crippen molar-refractivity contribution in [1.82, 2.24) is 9.80 Å². The van der Waals surface area contributed by atoms with E-state index >= 15 is 0 Å². The maximum Gasteiger partial charge on any atom is 0.410 e. The maximum absolute atomic E-state index is 13.6. The lowest BCUT2D eigenvalue weighted by molar-refractivity contribution is -0.400. The first-order valence-electron chi connectivity index (χ1n) is 14.1. The highest BCUT2D eigenvalue weighted by molar-refractivity contribution is 5.78. The molecule has 0 bridgehead atoms. The Hall–Kier alpha value is -4.66. The van der Waals surface area contributed by atoms with Gasteiger partial charge < -0.3 is 19.3 Å². The van der Waals surface area contributed by atoms with Gasteiger partial charge in [-0.1, -0.05) is 66.7 Å². The Morgan fingerprint density at radius 2 is 1.62 bits per heavy atom. The van der Waals surface area contributed by atoms with Crippen molar-refractivity contribution in [3.05, 3.63) is 112 Å². The topological polar surface area (TPSA) is 102 Å². The van der Waals surface area contributed by atoms with E-state index in [0.717, 1.165) is 17.3 Å². The van der Waals surface area contributed by atoms with E-state index < -0.39 is 10.5 Å². The Morgan fingerprint density at radius 3 is 2.33 bits per heavy atom. The average molecular weight is 572 g/mol. The van der Waals surface area contributed by atoms with Gasteiger partial charge in [0.15, 0.2) is 0 Å². The van der Waals surface area contributed by atoms with Crippen molar-refractivity contribution in [3.63, 3.8) is 0 Å². The fourth-order valence-corrected chi connectivity index (χ4v) is 4.90. The van der Waals surface area contributed by atoms with E-state index in [1.165, 1.54) is 6.08 Å². The van der Waals surface area contributed by atoms with E-state index in [4.69, 9.17) is 9.47 Å². The standard InChI is InChI=1S/C33H37N3O6/c1-33(2,3)42-32(38)34-21-22-35(28(24-34)23-25-11-5-4-6-12-25)31(37)18-17-26-13-7-9-15-29(26)41-30-16-10-8-14-27(30)19-20-36(39)40/h4-16,19-20,28H,17-18,21-24H2,1-3H3/b20-19+. The second-order valence-electron chi connectivity index (χ2n) is 11.2. The predicted octanol–water partition coefficient (Wildman–Crippen LogP) is 6.35. The predicted molar refractivity (Wildman–Crippen MR) is 161 cm³/mol. The fraction of sp³-hybridized carbons (Fsp3) is 0.333. The van der Waals surface area contributed by atoms with Gasteiger partial charge in [-0.2, -0.15) is 0 Å². The summed E-state index contributed by atoms with van der Waals surface area (Å²) < 4.78 is 11.8. The molecule has 1 saturated heterocycles. The SMILES string of the molecule is CC(C)(C)OC(=O)N1CCN(C(=O)CCc2ccccc2Oc2ccccc2/C=C/[N+](=O)[O-])C(Cc2ccccc2)C1. The molecule has 1 atom stereocenters. The van der Waals surface area contributed by atoms with Crippen LogP contribution in [0.25, 0.3) is 6.08 Å². The molecule has 1 aliphatic heterocycles. The van der Waals surface area contributed by atoms with Crippen LogP contribution in [0, 0.1) is 10.1 Å². The first-order valence-corrected chi connectivity index (χ1v) is 14.1. The van der Waals surface area contributed by atoms with Crippen LogP contribution in [0.15, 0.2) is 85.1 Å². The van der Waals surface area contributed by atoms with E-state index in [-0.39, 0.29) is 24.5 Å². The summed E-state index contributed by atoms with van der Waals surface area (Å²) in [6.45, 7) is 6.74. The number of carbonyl (C=O) groups excluding carboxylic acids is 2. The number of ether oxygens (including phenoxy) is 2.